The highest BCUT2D eigenvalue weighted by molar-refractivity contribution is 5.00. The molecule has 0 radical (unpaired) electrons. The third-order valence-electron chi connectivity index (χ3n) is 3.03. The maximum absolute atomic E-state index is 8.81. The van der Waals surface area contributed by atoms with Gasteiger partial charge in [-0.25, -0.2) is 0 Å². The maximum atomic E-state index is 8.81. The average molecular weight is 244 g/mol. The minimum absolute atomic E-state index is 0.333. The SMILES string of the molecule is CC#CC(C)CN1CC(CC#N)CN(CC#N)C1. The monoisotopic (exact) mass is 244 g/mol. The normalized spacial score (nSPS) is 22.3. The van der Waals surface area contributed by atoms with Gasteiger partial charge in [0.2, 0.25) is 0 Å². The summed E-state index contributed by atoms with van der Waals surface area (Å²) in [6.45, 7) is 7.91. The number of rotatable bonds is 4. The zero-order valence-electron chi connectivity index (χ0n) is 11.2. The topological polar surface area (TPSA) is 54.1 Å². The van der Waals surface area contributed by atoms with Crippen LogP contribution >= 0.6 is 0 Å². The Morgan fingerprint density at radius 1 is 1.22 bits per heavy atom. The Morgan fingerprint density at radius 2 is 1.94 bits per heavy atom. The fraction of sp³-hybridized carbons (Fsp3) is 0.714. The third-order valence-corrected chi connectivity index (χ3v) is 3.03. The molecule has 1 fully saturated rings. The third kappa shape index (κ3) is 4.76. The second-order valence-corrected chi connectivity index (χ2v) is 4.87. The summed E-state index contributed by atoms with van der Waals surface area (Å²) < 4.78 is 0. The maximum Gasteiger partial charge on any atom is 0.0876 e. The van der Waals surface area contributed by atoms with Crippen molar-refractivity contribution >= 4 is 0 Å². The lowest BCUT2D eigenvalue weighted by atomic mass is 10.0. The number of hydrogen-bond acceptors (Lipinski definition) is 4. The zero-order chi connectivity index (χ0) is 13.4. The molecule has 2 atom stereocenters. The van der Waals surface area contributed by atoms with E-state index in [0.29, 0.717) is 24.8 Å². The highest BCUT2D eigenvalue weighted by Gasteiger charge is 2.25. The van der Waals surface area contributed by atoms with Gasteiger partial charge in [0, 0.05) is 32.0 Å². The number of hydrogen-bond donors (Lipinski definition) is 0. The van der Waals surface area contributed by atoms with Crippen LogP contribution in [0.2, 0.25) is 0 Å². The lowest BCUT2D eigenvalue weighted by molar-refractivity contribution is 0.0536. The second-order valence-electron chi connectivity index (χ2n) is 4.87. The molecule has 4 nitrogen and oxygen atoms in total. The molecule has 2 unspecified atom stereocenters. The van der Waals surface area contributed by atoms with Crippen LogP contribution in [0.25, 0.3) is 0 Å². The molecule has 1 saturated heterocycles. The summed E-state index contributed by atoms with van der Waals surface area (Å²) in [6.07, 6.45) is 0.562. The fourth-order valence-electron chi connectivity index (χ4n) is 2.47. The molecule has 1 rings (SSSR count). The Kier molecular flexibility index (Phi) is 6.23. The molecule has 1 aliphatic rings. The van der Waals surface area contributed by atoms with E-state index in [-0.39, 0.29) is 0 Å². The van der Waals surface area contributed by atoms with Crippen LogP contribution in [0.4, 0.5) is 0 Å². The van der Waals surface area contributed by atoms with Crippen molar-refractivity contribution in [2.24, 2.45) is 11.8 Å². The van der Waals surface area contributed by atoms with Gasteiger partial charge in [-0.2, -0.15) is 10.5 Å². The highest BCUT2D eigenvalue weighted by atomic mass is 15.3. The van der Waals surface area contributed by atoms with Gasteiger partial charge in [0.15, 0.2) is 0 Å². The van der Waals surface area contributed by atoms with Crippen LogP contribution in [0.5, 0.6) is 0 Å². The molecule has 4 heteroatoms. The quantitative estimate of drug-likeness (QED) is 0.552. The van der Waals surface area contributed by atoms with E-state index in [4.69, 9.17) is 10.5 Å². The van der Waals surface area contributed by atoms with Crippen LogP contribution in [0.15, 0.2) is 0 Å². The lowest BCUT2D eigenvalue weighted by Gasteiger charge is -2.39. The predicted octanol–water partition coefficient (Wildman–Crippen LogP) is 1.27. The van der Waals surface area contributed by atoms with Crippen molar-refractivity contribution in [3.63, 3.8) is 0 Å². The Labute approximate surface area is 110 Å². The summed E-state index contributed by atoms with van der Waals surface area (Å²) in [5.74, 6) is 6.76. The summed E-state index contributed by atoms with van der Waals surface area (Å²) in [5, 5.41) is 17.6. The smallest absolute Gasteiger partial charge is 0.0876 e. The van der Waals surface area contributed by atoms with E-state index in [0.717, 1.165) is 26.3 Å². The van der Waals surface area contributed by atoms with E-state index in [9.17, 15) is 0 Å². The van der Waals surface area contributed by atoms with E-state index in [1.165, 1.54) is 0 Å². The van der Waals surface area contributed by atoms with Crippen LogP contribution < -0.4 is 0 Å². The number of nitriles is 2. The van der Waals surface area contributed by atoms with E-state index in [2.05, 4.69) is 40.7 Å². The van der Waals surface area contributed by atoms with Crippen molar-refractivity contribution in [2.45, 2.75) is 20.3 Å². The van der Waals surface area contributed by atoms with Gasteiger partial charge in [0.25, 0.3) is 0 Å². The fourth-order valence-corrected chi connectivity index (χ4v) is 2.47. The minimum Gasteiger partial charge on any atom is -0.289 e. The molecule has 0 aromatic carbocycles. The number of nitrogens with zero attached hydrogens (tertiary/aromatic N) is 4. The van der Waals surface area contributed by atoms with Crippen molar-refractivity contribution < 1.29 is 0 Å². The molecule has 0 aliphatic carbocycles. The molecule has 18 heavy (non-hydrogen) atoms. The summed E-state index contributed by atoms with van der Waals surface area (Å²) in [7, 11) is 0. The largest absolute Gasteiger partial charge is 0.289 e. The van der Waals surface area contributed by atoms with Crippen molar-refractivity contribution in [2.75, 3.05) is 32.8 Å². The molecule has 0 spiro atoms. The Bertz CT molecular complexity index is 369. The standard InChI is InChI=1S/C14H20N4/c1-3-4-13(2)9-18-11-14(5-6-15)10-17(12-18)8-7-16/h13-14H,5,8-12H2,1-2H3. The first-order chi connectivity index (χ1) is 8.69. The van der Waals surface area contributed by atoms with Crippen LogP contribution in [0, 0.1) is 46.3 Å². The second kappa shape index (κ2) is 7.72. The Balaban J connectivity index is 2.57. The van der Waals surface area contributed by atoms with Gasteiger partial charge < -0.3 is 0 Å². The van der Waals surface area contributed by atoms with Gasteiger partial charge in [0.05, 0.1) is 25.4 Å². The van der Waals surface area contributed by atoms with Gasteiger partial charge in [-0.15, -0.1) is 5.92 Å². The van der Waals surface area contributed by atoms with E-state index >= 15 is 0 Å². The van der Waals surface area contributed by atoms with Crippen LogP contribution in [0.1, 0.15) is 20.3 Å². The van der Waals surface area contributed by atoms with Crippen LogP contribution in [0.3, 0.4) is 0 Å². The van der Waals surface area contributed by atoms with Crippen molar-refractivity contribution in [1.82, 2.24) is 9.80 Å². The van der Waals surface area contributed by atoms with Crippen molar-refractivity contribution in [3.8, 4) is 24.0 Å². The highest BCUT2D eigenvalue weighted by Crippen LogP contribution is 2.16. The van der Waals surface area contributed by atoms with E-state index < -0.39 is 0 Å². The molecule has 1 aliphatic heterocycles. The van der Waals surface area contributed by atoms with E-state index in [1.54, 1.807) is 0 Å². The zero-order valence-corrected chi connectivity index (χ0v) is 11.2. The Morgan fingerprint density at radius 3 is 2.56 bits per heavy atom. The van der Waals surface area contributed by atoms with E-state index in [1.807, 2.05) is 6.92 Å². The first kappa shape index (κ1) is 14.5. The van der Waals surface area contributed by atoms with Gasteiger partial charge >= 0.3 is 0 Å². The lowest BCUT2D eigenvalue weighted by Crippen LogP contribution is -2.50. The van der Waals surface area contributed by atoms with Crippen molar-refractivity contribution in [1.29, 1.82) is 10.5 Å². The molecule has 1 heterocycles. The molecule has 0 bridgehead atoms. The Hall–Kier alpha value is -1.54. The molecular weight excluding hydrogens is 224 g/mol. The molecule has 0 amide bonds. The van der Waals surface area contributed by atoms with Gasteiger partial charge in [-0.3, -0.25) is 9.80 Å². The molecule has 0 aromatic heterocycles. The van der Waals surface area contributed by atoms with Gasteiger partial charge in [-0.1, -0.05) is 12.8 Å². The molecular formula is C14H20N4. The van der Waals surface area contributed by atoms with Gasteiger partial charge in [0.1, 0.15) is 0 Å². The first-order valence-corrected chi connectivity index (χ1v) is 6.30. The summed E-state index contributed by atoms with van der Waals surface area (Å²) >= 11 is 0. The van der Waals surface area contributed by atoms with Gasteiger partial charge in [-0.05, 0) is 12.8 Å². The molecule has 0 N–H and O–H groups in total. The first-order valence-electron chi connectivity index (χ1n) is 6.30. The van der Waals surface area contributed by atoms with Crippen LogP contribution in [-0.4, -0.2) is 42.6 Å². The molecule has 96 valence electrons. The van der Waals surface area contributed by atoms with Crippen molar-refractivity contribution in [3.05, 3.63) is 0 Å². The average Bonchev–Trinajstić information content (AvgIpc) is 2.29. The minimum atomic E-state index is 0.333. The molecule has 0 saturated carbocycles. The summed E-state index contributed by atoms with van der Waals surface area (Å²) in [4.78, 5) is 4.41. The summed E-state index contributed by atoms with van der Waals surface area (Å²) in [5.41, 5.74) is 0. The molecule has 0 aromatic rings. The predicted molar refractivity (Wildman–Crippen MR) is 70.0 cm³/mol. The van der Waals surface area contributed by atoms with Crippen LogP contribution in [-0.2, 0) is 0 Å². The summed E-state index contributed by atoms with van der Waals surface area (Å²) in [6, 6.07) is 4.42.